The van der Waals surface area contributed by atoms with E-state index in [1.165, 1.54) is 32.1 Å². The number of aliphatic carboxylic acids is 1. The largest absolute Gasteiger partial charge is 0.481 e. The smallest absolute Gasteiger partial charge is 0.308 e. The summed E-state index contributed by atoms with van der Waals surface area (Å²) < 4.78 is 0. The fourth-order valence-electron chi connectivity index (χ4n) is 4.30. The highest BCUT2D eigenvalue weighted by Gasteiger charge is 2.46. The number of rotatable bonds is 6. The third-order valence-corrected chi connectivity index (χ3v) is 5.74. The number of hydrogen-bond acceptors (Lipinski definition) is 2. The van der Waals surface area contributed by atoms with Crippen molar-refractivity contribution in [1.29, 1.82) is 0 Å². The van der Waals surface area contributed by atoms with Crippen molar-refractivity contribution in [3.05, 3.63) is 0 Å². The van der Waals surface area contributed by atoms with Crippen molar-refractivity contribution in [2.75, 3.05) is 13.1 Å². The molecule has 3 fully saturated rings. The number of carboxylic acids is 1. The Bertz CT molecular complexity index is 399. The summed E-state index contributed by atoms with van der Waals surface area (Å²) in [7, 11) is 0. The molecule has 0 radical (unpaired) electrons. The highest BCUT2D eigenvalue weighted by molar-refractivity contribution is 5.79. The van der Waals surface area contributed by atoms with Crippen LogP contribution < -0.4 is 0 Å². The summed E-state index contributed by atoms with van der Waals surface area (Å²) in [6.07, 6.45) is 10.4. The summed E-state index contributed by atoms with van der Waals surface area (Å²) in [5.41, 5.74) is 0. The zero-order chi connectivity index (χ0) is 14.8. The van der Waals surface area contributed by atoms with Crippen LogP contribution in [-0.4, -0.2) is 35.0 Å². The third kappa shape index (κ3) is 3.58. The molecule has 118 valence electrons. The zero-order valence-electron chi connectivity index (χ0n) is 12.8. The van der Waals surface area contributed by atoms with Gasteiger partial charge in [0.1, 0.15) is 0 Å². The van der Waals surface area contributed by atoms with Gasteiger partial charge in [0.15, 0.2) is 0 Å². The summed E-state index contributed by atoms with van der Waals surface area (Å²) >= 11 is 0. The standard InChI is InChI=1S/C17H27NO3/c19-16(7-3-6-12-4-1-2-5-12)18-10-14(13-8-9-13)15(11-18)17(20)21/h12-15H,1-11H2,(H,20,21)/t14-,15+/m1/s1. The fraction of sp³-hybridized carbons (Fsp3) is 0.882. The van der Waals surface area contributed by atoms with Gasteiger partial charge >= 0.3 is 5.97 Å². The number of hydrogen-bond donors (Lipinski definition) is 1. The number of carbonyl (C=O) groups is 2. The first kappa shape index (κ1) is 14.9. The minimum absolute atomic E-state index is 0.183. The molecule has 4 heteroatoms. The molecule has 0 aromatic carbocycles. The number of likely N-dealkylation sites (tertiary alicyclic amines) is 1. The Labute approximate surface area is 126 Å². The Morgan fingerprint density at radius 3 is 2.38 bits per heavy atom. The Kier molecular flexibility index (Phi) is 4.51. The van der Waals surface area contributed by atoms with Gasteiger partial charge in [-0.1, -0.05) is 25.7 Å². The lowest BCUT2D eigenvalue weighted by Crippen LogP contribution is -2.29. The molecule has 0 bridgehead atoms. The van der Waals surface area contributed by atoms with Gasteiger partial charge in [0.25, 0.3) is 0 Å². The van der Waals surface area contributed by atoms with Gasteiger partial charge in [-0.3, -0.25) is 9.59 Å². The second kappa shape index (κ2) is 6.37. The molecule has 0 aromatic rings. The van der Waals surface area contributed by atoms with Crippen molar-refractivity contribution in [1.82, 2.24) is 4.90 Å². The van der Waals surface area contributed by atoms with Gasteiger partial charge in [-0.2, -0.15) is 0 Å². The van der Waals surface area contributed by atoms with E-state index in [2.05, 4.69) is 0 Å². The summed E-state index contributed by atoms with van der Waals surface area (Å²) in [5.74, 6) is 0.748. The van der Waals surface area contributed by atoms with E-state index in [0.717, 1.165) is 25.2 Å². The molecule has 21 heavy (non-hydrogen) atoms. The molecule has 2 saturated carbocycles. The second-order valence-corrected chi connectivity index (χ2v) is 7.29. The first-order valence-electron chi connectivity index (χ1n) is 8.65. The fourth-order valence-corrected chi connectivity index (χ4v) is 4.30. The predicted molar refractivity (Wildman–Crippen MR) is 79.7 cm³/mol. The molecule has 0 spiro atoms. The van der Waals surface area contributed by atoms with Crippen LogP contribution in [0.1, 0.15) is 57.8 Å². The first-order chi connectivity index (χ1) is 10.1. The van der Waals surface area contributed by atoms with Gasteiger partial charge in [-0.25, -0.2) is 0 Å². The van der Waals surface area contributed by atoms with Crippen LogP contribution in [0.4, 0.5) is 0 Å². The van der Waals surface area contributed by atoms with Crippen LogP contribution in [0.3, 0.4) is 0 Å². The molecule has 2 atom stereocenters. The Hall–Kier alpha value is -1.06. The van der Waals surface area contributed by atoms with Crippen LogP contribution in [0.25, 0.3) is 0 Å². The number of carboxylic acid groups (broad SMARTS) is 1. The quantitative estimate of drug-likeness (QED) is 0.819. The van der Waals surface area contributed by atoms with Gasteiger partial charge in [0.2, 0.25) is 5.91 Å². The van der Waals surface area contributed by atoms with Crippen LogP contribution >= 0.6 is 0 Å². The van der Waals surface area contributed by atoms with E-state index < -0.39 is 5.97 Å². The molecule has 0 aromatic heterocycles. The van der Waals surface area contributed by atoms with E-state index in [4.69, 9.17) is 0 Å². The number of amides is 1. The van der Waals surface area contributed by atoms with E-state index in [1.54, 1.807) is 0 Å². The second-order valence-electron chi connectivity index (χ2n) is 7.29. The van der Waals surface area contributed by atoms with Gasteiger partial charge in [0, 0.05) is 19.5 Å². The normalized spacial score (nSPS) is 30.0. The lowest BCUT2D eigenvalue weighted by molar-refractivity contribution is -0.142. The summed E-state index contributed by atoms with van der Waals surface area (Å²) in [5, 5.41) is 9.34. The molecule has 3 aliphatic rings. The summed E-state index contributed by atoms with van der Waals surface area (Å²) in [6.45, 7) is 1.13. The van der Waals surface area contributed by atoms with E-state index in [-0.39, 0.29) is 17.7 Å². The third-order valence-electron chi connectivity index (χ3n) is 5.74. The Balaban J connectivity index is 1.45. The van der Waals surface area contributed by atoms with Gasteiger partial charge in [-0.15, -0.1) is 0 Å². The highest BCUT2D eigenvalue weighted by Crippen LogP contribution is 2.44. The molecule has 1 saturated heterocycles. The lowest BCUT2D eigenvalue weighted by Gasteiger charge is -2.17. The van der Waals surface area contributed by atoms with E-state index in [0.29, 0.717) is 25.4 Å². The predicted octanol–water partition coefficient (Wildman–Crippen LogP) is 2.92. The lowest BCUT2D eigenvalue weighted by atomic mass is 9.92. The van der Waals surface area contributed by atoms with Crippen LogP contribution in [0.2, 0.25) is 0 Å². The zero-order valence-corrected chi connectivity index (χ0v) is 12.8. The average Bonchev–Trinajstić information content (AvgIpc) is 3.00. The molecule has 1 aliphatic heterocycles. The van der Waals surface area contributed by atoms with Gasteiger partial charge < -0.3 is 10.0 Å². The van der Waals surface area contributed by atoms with Crippen LogP contribution in [-0.2, 0) is 9.59 Å². The molecule has 2 aliphatic carbocycles. The monoisotopic (exact) mass is 293 g/mol. The average molecular weight is 293 g/mol. The Morgan fingerprint density at radius 2 is 1.76 bits per heavy atom. The van der Waals surface area contributed by atoms with E-state index in [9.17, 15) is 14.7 Å². The van der Waals surface area contributed by atoms with Crippen LogP contribution in [0.5, 0.6) is 0 Å². The minimum Gasteiger partial charge on any atom is -0.481 e. The van der Waals surface area contributed by atoms with Crippen molar-refractivity contribution in [3.8, 4) is 0 Å². The maximum absolute atomic E-state index is 12.3. The molecule has 3 rings (SSSR count). The maximum Gasteiger partial charge on any atom is 0.308 e. The van der Waals surface area contributed by atoms with E-state index in [1.807, 2.05) is 4.90 Å². The van der Waals surface area contributed by atoms with Crippen molar-refractivity contribution in [2.24, 2.45) is 23.7 Å². The molecule has 1 N–H and O–H groups in total. The van der Waals surface area contributed by atoms with Gasteiger partial charge in [0.05, 0.1) is 5.92 Å². The van der Waals surface area contributed by atoms with Crippen molar-refractivity contribution in [2.45, 2.75) is 57.8 Å². The molecular weight excluding hydrogens is 266 g/mol. The first-order valence-corrected chi connectivity index (χ1v) is 8.65. The SMILES string of the molecule is O=C(O)[C@H]1CN(C(=O)CCCC2CCCC2)C[C@@H]1C1CC1. The Morgan fingerprint density at radius 1 is 1.05 bits per heavy atom. The summed E-state index contributed by atoms with van der Waals surface area (Å²) in [4.78, 5) is 25.5. The van der Waals surface area contributed by atoms with Crippen molar-refractivity contribution < 1.29 is 14.7 Å². The topological polar surface area (TPSA) is 57.6 Å². The highest BCUT2D eigenvalue weighted by atomic mass is 16.4. The molecule has 1 amide bonds. The number of nitrogens with zero attached hydrogens (tertiary/aromatic N) is 1. The van der Waals surface area contributed by atoms with Crippen LogP contribution in [0, 0.1) is 23.7 Å². The van der Waals surface area contributed by atoms with Gasteiger partial charge in [-0.05, 0) is 43.4 Å². The minimum atomic E-state index is -0.715. The summed E-state index contributed by atoms with van der Waals surface area (Å²) in [6, 6.07) is 0. The van der Waals surface area contributed by atoms with Crippen molar-refractivity contribution in [3.63, 3.8) is 0 Å². The van der Waals surface area contributed by atoms with Crippen molar-refractivity contribution >= 4 is 11.9 Å². The molecular formula is C17H27NO3. The maximum atomic E-state index is 12.3. The van der Waals surface area contributed by atoms with E-state index >= 15 is 0 Å². The molecule has 0 unspecified atom stereocenters. The molecule has 4 nitrogen and oxygen atoms in total. The molecule has 1 heterocycles. The number of carbonyl (C=O) groups excluding carboxylic acids is 1. The van der Waals surface area contributed by atoms with Crippen LogP contribution in [0.15, 0.2) is 0 Å².